The first-order valence-electron chi connectivity index (χ1n) is 12.0. The molecule has 0 aliphatic heterocycles. The lowest BCUT2D eigenvalue weighted by Crippen LogP contribution is -2.29. The van der Waals surface area contributed by atoms with Gasteiger partial charge in [-0.25, -0.2) is 13.9 Å². The fourth-order valence-corrected chi connectivity index (χ4v) is 4.45. The van der Waals surface area contributed by atoms with Crippen LogP contribution >= 0.6 is 11.6 Å². The van der Waals surface area contributed by atoms with E-state index in [9.17, 15) is 14.4 Å². The number of nitrogens with one attached hydrogen (secondary N) is 1. The summed E-state index contributed by atoms with van der Waals surface area (Å²) in [5, 5.41) is 8.28. The summed E-state index contributed by atoms with van der Waals surface area (Å²) in [5.74, 6) is 0.207. The lowest BCUT2D eigenvalue weighted by molar-refractivity contribution is 0.0949. The van der Waals surface area contributed by atoms with Crippen LogP contribution in [0.5, 0.6) is 0 Å². The molecule has 2 aromatic heterocycles. The van der Waals surface area contributed by atoms with Crippen molar-refractivity contribution in [2.45, 2.75) is 26.9 Å². The molecule has 0 saturated carbocycles. The Bertz CT molecular complexity index is 1730. The molecule has 9 heteroatoms. The second-order valence-corrected chi connectivity index (χ2v) is 9.79. The first-order chi connectivity index (χ1) is 17.8. The predicted octanol–water partition coefficient (Wildman–Crippen LogP) is 3.95. The van der Waals surface area contributed by atoms with Crippen molar-refractivity contribution in [2.75, 3.05) is 6.54 Å². The number of amides is 1. The Labute approximate surface area is 217 Å². The fraction of sp³-hybridized carbons (Fsp3) is 0.214. The summed E-state index contributed by atoms with van der Waals surface area (Å²) in [6.45, 7) is 4.90. The first-order valence-corrected chi connectivity index (χ1v) is 12.4. The van der Waals surface area contributed by atoms with Crippen molar-refractivity contribution in [1.82, 2.24) is 24.1 Å². The van der Waals surface area contributed by atoms with Crippen LogP contribution in [0.25, 0.3) is 16.7 Å². The van der Waals surface area contributed by atoms with Crippen LogP contribution < -0.4 is 16.6 Å². The van der Waals surface area contributed by atoms with Crippen LogP contribution in [0.15, 0.2) is 82.4 Å². The van der Waals surface area contributed by atoms with E-state index in [2.05, 4.69) is 10.4 Å². The highest BCUT2D eigenvalue weighted by molar-refractivity contribution is 6.31. The molecular weight excluding hydrogens is 490 g/mol. The molecule has 0 bridgehead atoms. The number of benzene rings is 3. The summed E-state index contributed by atoms with van der Waals surface area (Å²) in [4.78, 5) is 40.1. The molecule has 3 aromatic carbocycles. The molecule has 0 aliphatic rings. The molecule has 0 spiro atoms. The number of halogens is 1. The van der Waals surface area contributed by atoms with Crippen LogP contribution in [0.4, 0.5) is 0 Å². The van der Waals surface area contributed by atoms with Gasteiger partial charge in [-0.2, -0.15) is 0 Å². The standard InChI is InChI=1S/C28H26ClN5O3/c1-18(2)15-30-25(35)20-12-13-22-24(14-20)34-27(32(26(22)36)16-19-8-4-3-5-9-19)31-33(28(34)37)17-21-10-6-7-11-23(21)29/h3-14,18H,15-17H2,1-2H3,(H,30,35). The number of rotatable bonds is 7. The van der Waals surface area contributed by atoms with Crippen molar-refractivity contribution < 1.29 is 4.79 Å². The third-order valence-electron chi connectivity index (χ3n) is 6.17. The van der Waals surface area contributed by atoms with Crippen LogP contribution in [0, 0.1) is 5.92 Å². The largest absolute Gasteiger partial charge is 0.352 e. The third kappa shape index (κ3) is 4.80. The summed E-state index contributed by atoms with van der Waals surface area (Å²) in [7, 11) is 0. The molecule has 8 nitrogen and oxygen atoms in total. The van der Waals surface area contributed by atoms with E-state index in [1.165, 1.54) is 13.6 Å². The van der Waals surface area contributed by atoms with Gasteiger partial charge in [0.25, 0.3) is 11.5 Å². The molecule has 1 N–H and O–H groups in total. The van der Waals surface area contributed by atoms with Gasteiger partial charge in [-0.3, -0.25) is 14.2 Å². The van der Waals surface area contributed by atoms with Crippen molar-refractivity contribution in [2.24, 2.45) is 5.92 Å². The number of hydrogen-bond acceptors (Lipinski definition) is 4. The van der Waals surface area contributed by atoms with Gasteiger partial charge < -0.3 is 5.32 Å². The highest BCUT2D eigenvalue weighted by atomic mass is 35.5. The second kappa shape index (κ2) is 10.1. The average molecular weight is 516 g/mol. The summed E-state index contributed by atoms with van der Waals surface area (Å²) in [6, 6.07) is 21.5. The third-order valence-corrected chi connectivity index (χ3v) is 6.54. The Morgan fingerprint density at radius 3 is 2.43 bits per heavy atom. The molecular formula is C28H26ClN5O3. The van der Waals surface area contributed by atoms with E-state index in [1.54, 1.807) is 24.3 Å². The SMILES string of the molecule is CC(C)CNC(=O)c1ccc2c(=O)n(Cc3ccccc3)c3nn(Cc4ccccc4Cl)c(=O)n3c2c1. The molecule has 5 rings (SSSR count). The van der Waals surface area contributed by atoms with Crippen molar-refractivity contribution in [3.8, 4) is 0 Å². The minimum atomic E-state index is -0.429. The number of carbonyl (C=O) groups excluding carboxylic acids is 1. The summed E-state index contributed by atoms with van der Waals surface area (Å²) in [6.07, 6.45) is 0. The molecule has 0 fully saturated rings. The number of nitrogens with zero attached hydrogens (tertiary/aromatic N) is 4. The highest BCUT2D eigenvalue weighted by Gasteiger charge is 2.20. The monoisotopic (exact) mass is 515 g/mol. The van der Waals surface area contributed by atoms with E-state index in [0.29, 0.717) is 28.0 Å². The number of carbonyl (C=O) groups is 1. The van der Waals surface area contributed by atoms with Gasteiger partial charge in [0.15, 0.2) is 0 Å². The second-order valence-electron chi connectivity index (χ2n) is 9.38. The summed E-state index contributed by atoms with van der Waals surface area (Å²) in [5.41, 5.74) is 1.59. The molecule has 188 valence electrons. The maximum atomic E-state index is 13.7. The summed E-state index contributed by atoms with van der Waals surface area (Å²) < 4.78 is 4.18. The van der Waals surface area contributed by atoms with E-state index in [1.807, 2.05) is 62.4 Å². The van der Waals surface area contributed by atoms with Crippen LogP contribution in [-0.2, 0) is 13.1 Å². The maximum absolute atomic E-state index is 13.7. The van der Waals surface area contributed by atoms with E-state index in [0.717, 1.165) is 11.1 Å². The molecule has 0 radical (unpaired) electrons. The van der Waals surface area contributed by atoms with E-state index in [-0.39, 0.29) is 36.3 Å². The van der Waals surface area contributed by atoms with Gasteiger partial charge in [0.2, 0.25) is 5.78 Å². The Hall–Kier alpha value is -4.17. The van der Waals surface area contributed by atoms with Gasteiger partial charge in [-0.1, -0.05) is 74.0 Å². The lowest BCUT2D eigenvalue weighted by atomic mass is 10.1. The quantitative estimate of drug-likeness (QED) is 0.355. The predicted molar refractivity (Wildman–Crippen MR) is 144 cm³/mol. The molecule has 5 aromatic rings. The molecule has 0 unspecified atom stereocenters. The zero-order valence-electron chi connectivity index (χ0n) is 20.5. The zero-order chi connectivity index (χ0) is 26.1. The van der Waals surface area contributed by atoms with E-state index >= 15 is 0 Å². The van der Waals surface area contributed by atoms with Gasteiger partial charge >= 0.3 is 5.69 Å². The smallest absolute Gasteiger partial charge is 0.352 e. The minimum Gasteiger partial charge on any atom is -0.352 e. The molecule has 37 heavy (non-hydrogen) atoms. The molecule has 2 heterocycles. The highest BCUT2D eigenvalue weighted by Crippen LogP contribution is 2.18. The maximum Gasteiger partial charge on any atom is 0.352 e. The van der Waals surface area contributed by atoms with Crippen LogP contribution in [0.1, 0.15) is 35.3 Å². The van der Waals surface area contributed by atoms with E-state index in [4.69, 9.17) is 11.6 Å². The first kappa shape index (κ1) is 24.5. The minimum absolute atomic E-state index is 0.135. The Balaban J connectivity index is 1.73. The summed E-state index contributed by atoms with van der Waals surface area (Å²) >= 11 is 6.34. The average Bonchev–Trinajstić information content (AvgIpc) is 3.22. The van der Waals surface area contributed by atoms with Gasteiger partial charge in [-0.05, 0) is 41.3 Å². The van der Waals surface area contributed by atoms with E-state index < -0.39 is 5.69 Å². The van der Waals surface area contributed by atoms with Crippen LogP contribution in [-0.4, -0.2) is 31.2 Å². The molecule has 0 atom stereocenters. The van der Waals surface area contributed by atoms with Crippen molar-refractivity contribution in [3.05, 3.63) is 115 Å². The van der Waals surface area contributed by atoms with Crippen molar-refractivity contribution in [1.29, 1.82) is 0 Å². The Kier molecular flexibility index (Phi) is 6.67. The normalized spacial score (nSPS) is 11.5. The Morgan fingerprint density at radius 2 is 1.70 bits per heavy atom. The lowest BCUT2D eigenvalue weighted by Gasteiger charge is -2.11. The number of hydrogen-bond donors (Lipinski definition) is 1. The van der Waals surface area contributed by atoms with Gasteiger partial charge in [0, 0.05) is 17.1 Å². The molecule has 1 amide bonds. The van der Waals surface area contributed by atoms with Gasteiger partial charge in [0.05, 0.1) is 24.0 Å². The van der Waals surface area contributed by atoms with Gasteiger partial charge in [-0.15, -0.1) is 5.10 Å². The number of aromatic nitrogens is 4. The number of fused-ring (bicyclic) bond motifs is 3. The van der Waals surface area contributed by atoms with Crippen LogP contribution in [0.3, 0.4) is 0 Å². The molecule has 0 saturated heterocycles. The zero-order valence-corrected chi connectivity index (χ0v) is 21.3. The molecule has 0 aliphatic carbocycles. The van der Waals surface area contributed by atoms with Crippen molar-refractivity contribution >= 4 is 34.2 Å². The van der Waals surface area contributed by atoms with Crippen molar-refractivity contribution in [3.63, 3.8) is 0 Å². The van der Waals surface area contributed by atoms with Gasteiger partial charge in [0.1, 0.15) is 0 Å². The topological polar surface area (TPSA) is 90.4 Å². The van der Waals surface area contributed by atoms with Crippen LogP contribution in [0.2, 0.25) is 5.02 Å². The Morgan fingerprint density at radius 1 is 0.973 bits per heavy atom. The fourth-order valence-electron chi connectivity index (χ4n) is 4.26.